The third-order valence-corrected chi connectivity index (χ3v) is 5.89. The molecule has 172 valence electrons. The molecule has 0 aliphatic rings. The fourth-order valence-electron chi connectivity index (χ4n) is 4.27. The Kier molecular flexibility index (Phi) is 5.85. The average Bonchev–Trinajstić information content (AvgIpc) is 3.33. The van der Waals surface area contributed by atoms with Crippen LogP contribution < -0.4 is 0 Å². The summed E-state index contributed by atoms with van der Waals surface area (Å²) >= 11 is 0. The zero-order valence-corrected chi connectivity index (χ0v) is 19.3. The van der Waals surface area contributed by atoms with Crippen molar-refractivity contribution in [2.45, 2.75) is 0 Å². The van der Waals surface area contributed by atoms with Gasteiger partial charge in [0.2, 0.25) is 0 Å². The number of aromatic nitrogens is 2. The summed E-state index contributed by atoms with van der Waals surface area (Å²) in [5, 5.41) is 6.95. The van der Waals surface area contributed by atoms with Crippen LogP contribution in [0.2, 0.25) is 0 Å². The molecule has 0 aliphatic carbocycles. The lowest BCUT2D eigenvalue weighted by molar-refractivity contribution is 0.0549. The Morgan fingerprint density at radius 2 is 1.37 bits per heavy atom. The summed E-state index contributed by atoms with van der Waals surface area (Å²) in [7, 11) is 2.55. The lowest BCUT2D eigenvalue weighted by atomic mass is 9.95. The van der Waals surface area contributed by atoms with Crippen molar-refractivity contribution in [2.75, 3.05) is 14.2 Å². The van der Waals surface area contributed by atoms with Crippen LogP contribution in [0.1, 0.15) is 20.8 Å². The van der Waals surface area contributed by atoms with Crippen molar-refractivity contribution in [3.63, 3.8) is 0 Å². The summed E-state index contributed by atoms with van der Waals surface area (Å²) < 4.78 is 11.5. The van der Waals surface area contributed by atoms with E-state index in [1.165, 1.54) is 18.9 Å². The summed E-state index contributed by atoms with van der Waals surface area (Å²) in [6, 6.07) is 31.2. The molecule has 35 heavy (non-hydrogen) atoms. The standard InChI is InChI=1S/C29H22N2O4/c1-34-28(32)25-26(30-31(27(25)29(33)35-2)22-14-4-3-5-15-22)21-13-8-12-20(18-21)24-17-9-11-19-10-6-7-16-23(19)24/h3-18H,1-2H3. The van der Waals surface area contributed by atoms with Gasteiger partial charge in [-0.1, -0.05) is 78.9 Å². The molecular weight excluding hydrogens is 440 g/mol. The highest BCUT2D eigenvalue weighted by Gasteiger charge is 2.31. The minimum Gasteiger partial charge on any atom is -0.465 e. The first-order chi connectivity index (χ1) is 17.1. The Bertz CT molecular complexity index is 1550. The third-order valence-electron chi connectivity index (χ3n) is 5.89. The van der Waals surface area contributed by atoms with Gasteiger partial charge in [0.25, 0.3) is 0 Å². The SMILES string of the molecule is COC(=O)c1c(-c2cccc(-c3cccc4ccccc34)c2)nn(-c2ccccc2)c1C(=O)OC. The number of hydrogen-bond acceptors (Lipinski definition) is 5. The maximum Gasteiger partial charge on any atom is 0.357 e. The molecule has 0 N–H and O–H groups in total. The number of para-hydroxylation sites is 1. The highest BCUT2D eigenvalue weighted by atomic mass is 16.5. The van der Waals surface area contributed by atoms with Gasteiger partial charge < -0.3 is 9.47 Å². The molecule has 5 rings (SSSR count). The summed E-state index contributed by atoms with van der Waals surface area (Å²) in [5.74, 6) is -1.35. The van der Waals surface area contributed by atoms with Crippen molar-refractivity contribution < 1.29 is 19.1 Å². The van der Waals surface area contributed by atoms with Crippen LogP contribution in [0.4, 0.5) is 0 Å². The van der Waals surface area contributed by atoms with Gasteiger partial charge in [-0.05, 0) is 40.1 Å². The van der Waals surface area contributed by atoms with Crippen molar-refractivity contribution in [1.82, 2.24) is 9.78 Å². The number of nitrogens with zero attached hydrogens (tertiary/aromatic N) is 2. The monoisotopic (exact) mass is 462 g/mol. The molecule has 0 bridgehead atoms. The second kappa shape index (κ2) is 9.27. The van der Waals surface area contributed by atoms with Crippen molar-refractivity contribution in [3.8, 4) is 28.1 Å². The summed E-state index contributed by atoms with van der Waals surface area (Å²) in [4.78, 5) is 25.8. The Balaban J connectivity index is 1.75. The third kappa shape index (κ3) is 3.95. The van der Waals surface area contributed by atoms with E-state index >= 15 is 0 Å². The van der Waals surface area contributed by atoms with Gasteiger partial charge in [0, 0.05) is 5.56 Å². The molecule has 1 heterocycles. The minimum absolute atomic E-state index is 0.0103. The van der Waals surface area contributed by atoms with Crippen LogP contribution in [-0.4, -0.2) is 35.9 Å². The van der Waals surface area contributed by atoms with E-state index in [2.05, 4.69) is 24.3 Å². The molecule has 4 aromatic carbocycles. The number of carbonyl (C=O) groups excluding carboxylic acids is 2. The molecule has 6 nitrogen and oxygen atoms in total. The van der Waals surface area contributed by atoms with Crippen LogP contribution in [0.25, 0.3) is 38.8 Å². The number of hydrogen-bond donors (Lipinski definition) is 0. The Hall–Kier alpha value is -4.71. The molecule has 0 saturated carbocycles. The molecule has 0 aliphatic heterocycles. The van der Waals surface area contributed by atoms with Crippen LogP contribution in [-0.2, 0) is 9.47 Å². The molecule has 0 unspecified atom stereocenters. The number of carbonyl (C=O) groups is 2. The van der Waals surface area contributed by atoms with Gasteiger partial charge in [0.05, 0.1) is 19.9 Å². The second-order valence-electron chi connectivity index (χ2n) is 7.91. The van der Waals surface area contributed by atoms with Crippen molar-refractivity contribution in [2.24, 2.45) is 0 Å². The quantitative estimate of drug-likeness (QED) is 0.303. The van der Waals surface area contributed by atoms with Crippen LogP contribution in [0, 0.1) is 0 Å². The molecule has 5 aromatic rings. The van der Waals surface area contributed by atoms with E-state index in [-0.39, 0.29) is 11.3 Å². The number of esters is 2. The van der Waals surface area contributed by atoms with E-state index in [0.717, 1.165) is 21.9 Å². The summed E-state index contributed by atoms with van der Waals surface area (Å²) in [6.07, 6.45) is 0. The first-order valence-electron chi connectivity index (χ1n) is 11.1. The molecule has 1 aromatic heterocycles. The second-order valence-corrected chi connectivity index (χ2v) is 7.91. The molecule has 0 saturated heterocycles. The Labute approximate surface area is 202 Å². The van der Waals surface area contributed by atoms with E-state index in [0.29, 0.717) is 16.9 Å². The Morgan fingerprint density at radius 3 is 2.14 bits per heavy atom. The summed E-state index contributed by atoms with van der Waals surface area (Å²) in [6.45, 7) is 0. The lowest BCUT2D eigenvalue weighted by Gasteiger charge is -2.09. The minimum atomic E-state index is -0.682. The van der Waals surface area contributed by atoms with Gasteiger partial charge in [0.15, 0.2) is 5.69 Å². The highest BCUT2D eigenvalue weighted by molar-refractivity contribution is 6.07. The zero-order chi connectivity index (χ0) is 24.4. The zero-order valence-electron chi connectivity index (χ0n) is 19.3. The van der Waals surface area contributed by atoms with Crippen LogP contribution >= 0.6 is 0 Å². The molecule has 0 fully saturated rings. The van der Waals surface area contributed by atoms with Crippen molar-refractivity contribution >= 4 is 22.7 Å². The first kappa shape index (κ1) is 22.1. The highest BCUT2D eigenvalue weighted by Crippen LogP contribution is 2.34. The smallest absolute Gasteiger partial charge is 0.357 e. The van der Waals surface area contributed by atoms with Crippen LogP contribution in [0.5, 0.6) is 0 Å². The van der Waals surface area contributed by atoms with E-state index in [1.54, 1.807) is 12.1 Å². The number of fused-ring (bicyclic) bond motifs is 1. The molecular formula is C29H22N2O4. The predicted octanol–water partition coefficient (Wildman–Crippen LogP) is 5.93. The van der Waals surface area contributed by atoms with Gasteiger partial charge in [0.1, 0.15) is 11.3 Å². The number of rotatable bonds is 5. The van der Waals surface area contributed by atoms with Gasteiger partial charge in [-0.3, -0.25) is 0 Å². The fourth-order valence-corrected chi connectivity index (χ4v) is 4.27. The fraction of sp³-hybridized carbons (Fsp3) is 0.0690. The molecule has 0 atom stereocenters. The number of benzene rings is 4. The first-order valence-corrected chi connectivity index (χ1v) is 11.1. The molecule has 0 radical (unpaired) electrons. The van der Waals surface area contributed by atoms with Gasteiger partial charge in [-0.2, -0.15) is 5.10 Å². The van der Waals surface area contributed by atoms with Gasteiger partial charge >= 0.3 is 11.9 Å². The average molecular weight is 463 g/mol. The van der Waals surface area contributed by atoms with Gasteiger partial charge in [-0.25, -0.2) is 14.3 Å². The van der Waals surface area contributed by atoms with Crippen molar-refractivity contribution in [1.29, 1.82) is 0 Å². The Morgan fingerprint density at radius 1 is 0.714 bits per heavy atom. The molecule has 6 heteroatoms. The topological polar surface area (TPSA) is 70.4 Å². The van der Waals surface area contributed by atoms with Crippen molar-refractivity contribution in [3.05, 3.63) is 108 Å². The van der Waals surface area contributed by atoms with E-state index in [4.69, 9.17) is 14.6 Å². The summed E-state index contributed by atoms with van der Waals surface area (Å²) in [5.41, 5.74) is 3.71. The van der Waals surface area contributed by atoms with Crippen LogP contribution in [0.15, 0.2) is 97.1 Å². The predicted molar refractivity (Wildman–Crippen MR) is 135 cm³/mol. The number of ether oxygens (including phenoxy) is 2. The number of methoxy groups -OCH3 is 2. The maximum atomic E-state index is 12.9. The van der Waals surface area contributed by atoms with E-state index in [1.807, 2.05) is 60.7 Å². The lowest BCUT2D eigenvalue weighted by Crippen LogP contribution is -2.15. The normalized spacial score (nSPS) is 10.8. The van der Waals surface area contributed by atoms with Gasteiger partial charge in [-0.15, -0.1) is 0 Å². The largest absolute Gasteiger partial charge is 0.465 e. The molecule has 0 amide bonds. The maximum absolute atomic E-state index is 12.9. The van der Waals surface area contributed by atoms with E-state index in [9.17, 15) is 9.59 Å². The molecule has 0 spiro atoms. The van der Waals surface area contributed by atoms with Crippen LogP contribution in [0.3, 0.4) is 0 Å². The van der Waals surface area contributed by atoms with E-state index < -0.39 is 11.9 Å².